The minimum atomic E-state index is -0.501. The Morgan fingerprint density at radius 2 is 2.11 bits per heavy atom. The number of hydrazone groups is 1. The Morgan fingerprint density at radius 1 is 1.30 bits per heavy atom. The molecular formula is C19H15ClN2O5. The highest BCUT2D eigenvalue weighted by Gasteiger charge is 2.06. The van der Waals surface area contributed by atoms with Crippen molar-refractivity contribution in [2.75, 3.05) is 6.61 Å². The van der Waals surface area contributed by atoms with Crippen molar-refractivity contribution in [1.29, 1.82) is 0 Å². The number of rotatable bonds is 5. The number of nitrogens with one attached hydrogen (secondary N) is 1. The zero-order valence-corrected chi connectivity index (χ0v) is 15.0. The van der Waals surface area contributed by atoms with Crippen molar-refractivity contribution in [2.24, 2.45) is 5.10 Å². The number of hydrogen-bond acceptors (Lipinski definition) is 6. The number of benzene rings is 2. The predicted molar refractivity (Wildman–Crippen MR) is 102 cm³/mol. The summed E-state index contributed by atoms with van der Waals surface area (Å²) in [5.74, 6) is -0.136. The van der Waals surface area contributed by atoms with Gasteiger partial charge in [-0.05, 0) is 42.8 Å². The van der Waals surface area contributed by atoms with E-state index in [0.717, 1.165) is 10.9 Å². The number of phenols is 1. The lowest BCUT2D eigenvalue weighted by molar-refractivity contribution is -0.123. The Kier molecular flexibility index (Phi) is 5.42. The average molecular weight is 387 g/mol. The largest absolute Gasteiger partial charge is 0.507 e. The summed E-state index contributed by atoms with van der Waals surface area (Å²) in [4.78, 5) is 23.3. The van der Waals surface area contributed by atoms with Crippen LogP contribution < -0.4 is 15.8 Å². The van der Waals surface area contributed by atoms with Crippen LogP contribution >= 0.6 is 11.6 Å². The van der Waals surface area contributed by atoms with Crippen molar-refractivity contribution in [3.8, 4) is 11.5 Å². The van der Waals surface area contributed by atoms with Gasteiger partial charge in [0.1, 0.15) is 17.1 Å². The van der Waals surface area contributed by atoms with E-state index in [1.807, 2.05) is 6.92 Å². The van der Waals surface area contributed by atoms with Gasteiger partial charge in [0.2, 0.25) is 0 Å². The lowest BCUT2D eigenvalue weighted by atomic mass is 10.1. The highest BCUT2D eigenvalue weighted by molar-refractivity contribution is 6.30. The van der Waals surface area contributed by atoms with Gasteiger partial charge in [-0.15, -0.1) is 0 Å². The molecule has 0 spiro atoms. The number of amides is 1. The quantitative estimate of drug-likeness (QED) is 0.399. The second-order valence-electron chi connectivity index (χ2n) is 5.69. The summed E-state index contributed by atoms with van der Waals surface area (Å²) in [5, 5.41) is 14.6. The number of carbonyl (C=O) groups is 1. The van der Waals surface area contributed by atoms with Crippen molar-refractivity contribution < 1.29 is 19.1 Å². The van der Waals surface area contributed by atoms with E-state index in [1.165, 1.54) is 30.5 Å². The van der Waals surface area contributed by atoms with Crippen LogP contribution in [-0.4, -0.2) is 23.8 Å². The van der Waals surface area contributed by atoms with Crippen molar-refractivity contribution >= 4 is 34.7 Å². The van der Waals surface area contributed by atoms with E-state index < -0.39 is 11.5 Å². The van der Waals surface area contributed by atoms with Gasteiger partial charge in [0.05, 0.1) is 6.21 Å². The van der Waals surface area contributed by atoms with E-state index in [2.05, 4.69) is 10.5 Å². The Balaban J connectivity index is 1.60. The Bertz CT molecular complexity index is 1090. The van der Waals surface area contributed by atoms with Gasteiger partial charge < -0.3 is 14.3 Å². The maximum absolute atomic E-state index is 11.8. The first-order valence-electron chi connectivity index (χ1n) is 7.90. The molecule has 0 aliphatic heterocycles. The molecule has 3 aromatic rings. The van der Waals surface area contributed by atoms with Crippen molar-refractivity contribution in [3.05, 3.63) is 69.0 Å². The molecular weight excluding hydrogens is 372 g/mol. The average Bonchev–Trinajstić information content (AvgIpc) is 2.62. The highest BCUT2D eigenvalue weighted by atomic mass is 35.5. The molecule has 7 nitrogen and oxygen atoms in total. The summed E-state index contributed by atoms with van der Waals surface area (Å²) < 4.78 is 10.5. The Hall–Kier alpha value is -3.32. The van der Waals surface area contributed by atoms with Crippen molar-refractivity contribution in [3.63, 3.8) is 0 Å². The van der Waals surface area contributed by atoms with Gasteiger partial charge in [0.15, 0.2) is 6.61 Å². The van der Waals surface area contributed by atoms with Gasteiger partial charge in [0, 0.05) is 28.1 Å². The first-order chi connectivity index (χ1) is 12.9. The molecule has 2 aromatic carbocycles. The molecule has 0 aliphatic carbocycles. The molecule has 0 atom stereocenters. The predicted octanol–water partition coefficient (Wildman–Crippen LogP) is 2.99. The zero-order chi connectivity index (χ0) is 19.4. The molecule has 0 bridgehead atoms. The number of fused-ring (bicyclic) bond motifs is 1. The number of aryl methyl sites for hydroxylation is 1. The van der Waals surface area contributed by atoms with Crippen LogP contribution in [0, 0.1) is 6.92 Å². The van der Waals surface area contributed by atoms with Crippen LogP contribution in [0.1, 0.15) is 11.1 Å². The number of halogens is 1. The molecule has 3 rings (SSSR count). The van der Waals surface area contributed by atoms with Gasteiger partial charge in [-0.25, -0.2) is 10.2 Å². The van der Waals surface area contributed by atoms with Gasteiger partial charge >= 0.3 is 5.63 Å². The summed E-state index contributed by atoms with van der Waals surface area (Å²) in [6.45, 7) is 1.52. The highest BCUT2D eigenvalue weighted by Crippen LogP contribution is 2.22. The molecule has 8 heteroatoms. The van der Waals surface area contributed by atoms with Crippen molar-refractivity contribution in [2.45, 2.75) is 6.92 Å². The fourth-order valence-corrected chi connectivity index (χ4v) is 2.56. The van der Waals surface area contributed by atoms with Crippen molar-refractivity contribution in [1.82, 2.24) is 5.43 Å². The summed E-state index contributed by atoms with van der Waals surface area (Å²) >= 11 is 5.83. The monoisotopic (exact) mass is 386 g/mol. The Morgan fingerprint density at radius 3 is 2.93 bits per heavy atom. The first-order valence-corrected chi connectivity index (χ1v) is 8.28. The van der Waals surface area contributed by atoms with Crippen LogP contribution in [0.4, 0.5) is 0 Å². The first kappa shape index (κ1) is 18.5. The molecule has 1 heterocycles. The fourth-order valence-electron chi connectivity index (χ4n) is 2.38. The van der Waals surface area contributed by atoms with Crippen LogP contribution in [0.5, 0.6) is 11.5 Å². The maximum atomic E-state index is 11.8. The molecule has 1 aromatic heterocycles. The molecule has 1 amide bonds. The third-order valence-corrected chi connectivity index (χ3v) is 3.91. The number of nitrogens with zero attached hydrogens (tertiary/aromatic N) is 1. The molecule has 0 aliphatic rings. The second-order valence-corrected chi connectivity index (χ2v) is 6.13. The Labute approximate surface area is 158 Å². The van der Waals surface area contributed by atoms with Crippen LogP contribution in [-0.2, 0) is 4.79 Å². The van der Waals surface area contributed by atoms with Gasteiger partial charge in [-0.3, -0.25) is 4.79 Å². The molecule has 0 unspecified atom stereocenters. The van der Waals surface area contributed by atoms with Crippen LogP contribution in [0.3, 0.4) is 0 Å². The third-order valence-electron chi connectivity index (χ3n) is 3.68. The lowest BCUT2D eigenvalue weighted by Gasteiger charge is -2.06. The topological polar surface area (TPSA) is 101 Å². The summed E-state index contributed by atoms with van der Waals surface area (Å²) in [6.07, 6.45) is 1.27. The molecule has 0 fully saturated rings. The zero-order valence-electron chi connectivity index (χ0n) is 14.2. The van der Waals surface area contributed by atoms with E-state index in [1.54, 1.807) is 18.2 Å². The number of hydrogen-bond donors (Lipinski definition) is 2. The van der Waals surface area contributed by atoms with E-state index >= 15 is 0 Å². The lowest BCUT2D eigenvalue weighted by Crippen LogP contribution is -2.24. The van der Waals surface area contributed by atoms with Crippen LogP contribution in [0.15, 0.2) is 56.8 Å². The van der Waals surface area contributed by atoms with E-state index in [4.69, 9.17) is 20.8 Å². The molecule has 27 heavy (non-hydrogen) atoms. The van der Waals surface area contributed by atoms with Crippen LogP contribution in [0.25, 0.3) is 11.0 Å². The number of phenolic OH excluding ortho intramolecular Hbond substituents is 1. The molecule has 0 saturated carbocycles. The minimum Gasteiger partial charge on any atom is -0.507 e. The van der Waals surface area contributed by atoms with Gasteiger partial charge in [-0.2, -0.15) is 5.10 Å². The SMILES string of the molecule is Cc1cc(=O)oc2cc(OCC(=O)NN=Cc3cc(Cl)ccc3O)ccc12. The standard InChI is InChI=1S/C19H15ClN2O5/c1-11-6-19(25)27-17-8-14(3-4-15(11)17)26-10-18(24)22-21-9-12-7-13(20)2-5-16(12)23/h2-9,23H,10H2,1H3,(H,22,24). The summed E-state index contributed by atoms with van der Waals surface area (Å²) in [5.41, 5.74) is 3.37. The third kappa shape index (κ3) is 4.65. The molecule has 0 saturated heterocycles. The van der Waals surface area contributed by atoms with Gasteiger partial charge in [0.25, 0.3) is 5.91 Å². The second kappa shape index (κ2) is 7.92. The molecule has 0 radical (unpaired) electrons. The maximum Gasteiger partial charge on any atom is 0.336 e. The minimum absolute atomic E-state index is 0.0124. The molecule has 2 N–H and O–H groups in total. The van der Waals surface area contributed by atoms with E-state index in [-0.39, 0.29) is 12.4 Å². The van der Waals surface area contributed by atoms with E-state index in [0.29, 0.717) is 21.9 Å². The number of ether oxygens (including phenoxy) is 1. The number of aromatic hydroxyl groups is 1. The normalized spacial score (nSPS) is 11.0. The van der Waals surface area contributed by atoms with E-state index in [9.17, 15) is 14.7 Å². The summed E-state index contributed by atoms with van der Waals surface area (Å²) in [7, 11) is 0. The van der Waals surface area contributed by atoms with Crippen LogP contribution in [0.2, 0.25) is 5.02 Å². The van der Waals surface area contributed by atoms with Gasteiger partial charge in [-0.1, -0.05) is 11.6 Å². The molecule has 138 valence electrons. The fraction of sp³-hybridized carbons (Fsp3) is 0.105. The number of carbonyl (C=O) groups excluding carboxylic acids is 1. The smallest absolute Gasteiger partial charge is 0.336 e. The summed E-state index contributed by atoms with van der Waals surface area (Å²) in [6, 6.07) is 10.9.